The Morgan fingerprint density at radius 1 is 1.22 bits per heavy atom. The number of nitrogen functional groups attached to an aromatic ring is 1. The summed E-state index contributed by atoms with van der Waals surface area (Å²) >= 11 is 0. The highest BCUT2D eigenvalue weighted by atomic mass is 15.2. The number of hydrogen-bond donors (Lipinski definition) is 1. The van der Waals surface area contributed by atoms with Gasteiger partial charge in [0.1, 0.15) is 0 Å². The SMILES string of the molecule is CC(C)(C)C1CN(C2CCc3cc(N)ccc32)C1. The number of benzene rings is 1. The van der Waals surface area contributed by atoms with Crippen molar-refractivity contribution in [2.75, 3.05) is 18.8 Å². The van der Waals surface area contributed by atoms with Crippen molar-refractivity contribution in [3.8, 4) is 0 Å². The first kappa shape index (κ1) is 12.0. The lowest BCUT2D eigenvalue weighted by Crippen LogP contribution is -2.52. The molecule has 0 amide bonds. The van der Waals surface area contributed by atoms with Gasteiger partial charge in [0.25, 0.3) is 0 Å². The predicted octanol–water partition coefficient (Wildman–Crippen LogP) is 3.23. The molecule has 1 aromatic rings. The summed E-state index contributed by atoms with van der Waals surface area (Å²) in [4.78, 5) is 2.65. The second-order valence-corrected chi connectivity index (χ2v) is 7.03. The Morgan fingerprint density at radius 3 is 2.61 bits per heavy atom. The van der Waals surface area contributed by atoms with Crippen LogP contribution in [0.15, 0.2) is 18.2 Å². The van der Waals surface area contributed by atoms with Gasteiger partial charge in [-0.05, 0) is 47.4 Å². The van der Waals surface area contributed by atoms with Crippen LogP contribution in [-0.4, -0.2) is 18.0 Å². The molecule has 0 bridgehead atoms. The Labute approximate surface area is 110 Å². The summed E-state index contributed by atoms with van der Waals surface area (Å²) in [5.41, 5.74) is 10.2. The third kappa shape index (κ3) is 1.93. The third-order valence-electron chi connectivity index (χ3n) is 4.79. The average Bonchev–Trinajstić information content (AvgIpc) is 2.56. The molecule has 1 saturated heterocycles. The van der Waals surface area contributed by atoms with Gasteiger partial charge in [0, 0.05) is 24.8 Å². The molecular weight excluding hydrogens is 220 g/mol. The summed E-state index contributed by atoms with van der Waals surface area (Å²) < 4.78 is 0. The normalized spacial score (nSPS) is 24.9. The maximum absolute atomic E-state index is 5.86. The molecule has 1 unspecified atom stereocenters. The number of rotatable bonds is 1. The molecule has 1 atom stereocenters. The van der Waals surface area contributed by atoms with Crippen molar-refractivity contribution in [1.29, 1.82) is 0 Å². The molecule has 0 saturated carbocycles. The summed E-state index contributed by atoms with van der Waals surface area (Å²) in [7, 11) is 0. The molecule has 0 spiro atoms. The molecule has 1 aromatic carbocycles. The van der Waals surface area contributed by atoms with Gasteiger partial charge in [-0.25, -0.2) is 0 Å². The zero-order valence-corrected chi connectivity index (χ0v) is 11.7. The molecule has 2 heteroatoms. The van der Waals surface area contributed by atoms with E-state index in [1.54, 1.807) is 0 Å². The maximum atomic E-state index is 5.86. The van der Waals surface area contributed by atoms with Gasteiger partial charge in [0.2, 0.25) is 0 Å². The molecule has 3 rings (SSSR count). The first-order valence-corrected chi connectivity index (χ1v) is 7.07. The van der Waals surface area contributed by atoms with E-state index < -0.39 is 0 Å². The minimum atomic E-state index is 0.457. The van der Waals surface area contributed by atoms with Crippen LogP contribution in [0.4, 0.5) is 5.69 Å². The number of aryl methyl sites for hydroxylation is 1. The van der Waals surface area contributed by atoms with Crippen LogP contribution in [0.5, 0.6) is 0 Å². The highest BCUT2D eigenvalue weighted by Crippen LogP contribution is 2.43. The average molecular weight is 244 g/mol. The Bertz CT molecular complexity index is 453. The number of anilines is 1. The van der Waals surface area contributed by atoms with Crippen molar-refractivity contribution in [3.63, 3.8) is 0 Å². The van der Waals surface area contributed by atoms with Gasteiger partial charge in [-0.2, -0.15) is 0 Å². The van der Waals surface area contributed by atoms with E-state index in [4.69, 9.17) is 5.73 Å². The lowest BCUT2D eigenvalue weighted by molar-refractivity contribution is -0.00748. The second-order valence-electron chi connectivity index (χ2n) is 7.03. The van der Waals surface area contributed by atoms with Crippen molar-refractivity contribution >= 4 is 5.69 Å². The Morgan fingerprint density at radius 2 is 1.94 bits per heavy atom. The van der Waals surface area contributed by atoms with Crippen LogP contribution in [0.2, 0.25) is 0 Å². The quantitative estimate of drug-likeness (QED) is 0.768. The molecule has 1 heterocycles. The molecule has 18 heavy (non-hydrogen) atoms. The first-order valence-electron chi connectivity index (χ1n) is 7.07. The largest absolute Gasteiger partial charge is 0.399 e. The number of fused-ring (bicyclic) bond motifs is 1. The fraction of sp³-hybridized carbons (Fsp3) is 0.625. The fourth-order valence-corrected chi connectivity index (χ4v) is 3.31. The highest BCUT2D eigenvalue weighted by molar-refractivity contribution is 5.47. The molecule has 0 aromatic heterocycles. The van der Waals surface area contributed by atoms with E-state index in [-0.39, 0.29) is 0 Å². The number of nitrogens with zero attached hydrogens (tertiary/aromatic N) is 1. The van der Waals surface area contributed by atoms with E-state index in [9.17, 15) is 0 Å². The second kappa shape index (κ2) is 3.99. The summed E-state index contributed by atoms with van der Waals surface area (Å²) in [5.74, 6) is 0.857. The van der Waals surface area contributed by atoms with Crippen LogP contribution in [0.3, 0.4) is 0 Å². The van der Waals surface area contributed by atoms with Crippen LogP contribution in [-0.2, 0) is 6.42 Å². The zero-order chi connectivity index (χ0) is 12.9. The number of hydrogen-bond acceptors (Lipinski definition) is 2. The molecule has 2 nitrogen and oxygen atoms in total. The Balaban J connectivity index is 1.72. The standard InChI is InChI=1S/C16H24N2/c1-16(2,3)12-9-18(10-12)15-7-4-11-8-13(17)5-6-14(11)15/h5-6,8,12,15H,4,7,9-10,17H2,1-3H3. The van der Waals surface area contributed by atoms with Gasteiger partial charge in [0.15, 0.2) is 0 Å². The van der Waals surface area contributed by atoms with Crippen LogP contribution in [0.1, 0.15) is 44.4 Å². The van der Waals surface area contributed by atoms with Crippen molar-refractivity contribution in [3.05, 3.63) is 29.3 Å². The van der Waals surface area contributed by atoms with Crippen molar-refractivity contribution in [1.82, 2.24) is 4.90 Å². The monoisotopic (exact) mass is 244 g/mol. The van der Waals surface area contributed by atoms with Gasteiger partial charge >= 0.3 is 0 Å². The van der Waals surface area contributed by atoms with Crippen molar-refractivity contribution in [2.24, 2.45) is 11.3 Å². The lowest BCUT2D eigenvalue weighted by Gasteiger charge is -2.49. The summed E-state index contributed by atoms with van der Waals surface area (Å²) in [6.07, 6.45) is 2.47. The van der Waals surface area contributed by atoms with Gasteiger partial charge in [-0.15, -0.1) is 0 Å². The van der Waals surface area contributed by atoms with E-state index in [0.29, 0.717) is 11.5 Å². The zero-order valence-electron chi connectivity index (χ0n) is 11.7. The lowest BCUT2D eigenvalue weighted by atomic mass is 9.75. The molecule has 2 N–H and O–H groups in total. The Hall–Kier alpha value is -1.02. The molecule has 2 aliphatic rings. The van der Waals surface area contributed by atoms with Crippen LogP contribution < -0.4 is 5.73 Å². The van der Waals surface area contributed by atoms with E-state index in [1.165, 1.54) is 37.1 Å². The van der Waals surface area contributed by atoms with Crippen LogP contribution >= 0.6 is 0 Å². The minimum absolute atomic E-state index is 0.457. The van der Waals surface area contributed by atoms with Crippen molar-refractivity contribution in [2.45, 2.75) is 39.7 Å². The van der Waals surface area contributed by atoms with Gasteiger partial charge in [0.05, 0.1) is 0 Å². The molecular formula is C16H24N2. The summed E-state index contributed by atoms with van der Waals surface area (Å²) in [6.45, 7) is 9.60. The number of likely N-dealkylation sites (tertiary alicyclic amines) is 1. The van der Waals surface area contributed by atoms with Crippen molar-refractivity contribution < 1.29 is 0 Å². The third-order valence-corrected chi connectivity index (χ3v) is 4.79. The summed E-state index contributed by atoms with van der Waals surface area (Å²) in [6, 6.07) is 7.11. The highest BCUT2D eigenvalue weighted by Gasteiger charge is 2.40. The van der Waals surface area contributed by atoms with Crippen LogP contribution in [0, 0.1) is 11.3 Å². The topological polar surface area (TPSA) is 29.3 Å². The van der Waals surface area contributed by atoms with E-state index >= 15 is 0 Å². The molecule has 1 aliphatic heterocycles. The van der Waals surface area contributed by atoms with Gasteiger partial charge in [-0.1, -0.05) is 26.8 Å². The smallest absolute Gasteiger partial charge is 0.0354 e. The fourth-order valence-electron chi connectivity index (χ4n) is 3.31. The molecule has 98 valence electrons. The summed E-state index contributed by atoms with van der Waals surface area (Å²) in [5, 5.41) is 0. The van der Waals surface area contributed by atoms with Gasteiger partial charge < -0.3 is 5.73 Å². The molecule has 1 fully saturated rings. The van der Waals surface area contributed by atoms with E-state index in [0.717, 1.165) is 11.6 Å². The predicted molar refractivity (Wildman–Crippen MR) is 76.4 cm³/mol. The van der Waals surface area contributed by atoms with E-state index in [1.807, 2.05) is 0 Å². The number of nitrogens with two attached hydrogens (primary N) is 1. The Kier molecular flexibility index (Phi) is 2.67. The van der Waals surface area contributed by atoms with E-state index in [2.05, 4.69) is 43.9 Å². The molecule has 0 radical (unpaired) electrons. The first-order chi connectivity index (χ1) is 8.45. The molecule has 1 aliphatic carbocycles. The van der Waals surface area contributed by atoms with Gasteiger partial charge in [-0.3, -0.25) is 4.90 Å². The maximum Gasteiger partial charge on any atom is 0.0354 e. The minimum Gasteiger partial charge on any atom is -0.399 e. The van der Waals surface area contributed by atoms with Crippen LogP contribution in [0.25, 0.3) is 0 Å².